The molecule has 0 aliphatic heterocycles. The van der Waals surface area contributed by atoms with Crippen molar-refractivity contribution in [2.75, 3.05) is 7.11 Å². The first-order valence-corrected chi connectivity index (χ1v) is 9.88. The van der Waals surface area contributed by atoms with Crippen LogP contribution in [0.1, 0.15) is 27.0 Å². The van der Waals surface area contributed by atoms with Crippen molar-refractivity contribution in [3.63, 3.8) is 0 Å². The molecular formula is C24H21N3O6. The molecule has 0 saturated heterocycles. The van der Waals surface area contributed by atoms with E-state index < -0.39 is 10.9 Å². The van der Waals surface area contributed by atoms with Gasteiger partial charge < -0.3 is 9.47 Å². The Hall–Kier alpha value is -4.53. The summed E-state index contributed by atoms with van der Waals surface area (Å²) in [6.45, 7) is 1.93. The van der Waals surface area contributed by atoms with Gasteiger partial charge in [-0.05, 0) is 48.4 Å². The molecule has 0 unspecified atom stereocenters. The molecule has 3 rings (SSSR count). The van der Waals surface area contributed by atoms with Crippen LogP contribution in [0.3, 0.4) is 0 Å². The third-order valence-corrected chi connectivity index (χ3v) is 4.59. The molecule has 0 saturated carbocycles. The number of nitro groups is 1. The lowest BCUT2D eigenvalue weighted by molar-refractivity contribution is -0.384. The molecule has 3 aromatic carbocycles. The Bertz CT molecular complexity index is 1190. The van der Waals surface area contributed by atoms with E-state index in [1.165, 1.54) is 37.6 Å². The summed E-state index contributed by atoms with van der Waals surface area (Å²) in [6.07, 6.45) is 1.44. The zero-order chi connectivity index (χ0) is 23.8. The summed E-state index contributed by atoms with van der Waals surface area (Å²) in [5.41, 5.74) is 5.04. The molecular weight excluding hydrogens is 426 g/mol. The fraction of sp³-hybridized carbons (Fsp3) is 0.125. The molecule has 3 aromatic rings. The molecule has 1 N–H and O–H groups in total. The Labute approximate surface area is 189 Å². The quantitative estimate of drug-likeness (QED) is 0.184. The number of ether oxygens (including phenoxy) is 2. The third kappa shape index (κ3) is 6.47. The highest BCUT2D eigenvalue weighted by atomic mass is 16.6. The number of hydrogen-bond donors (Lipinski definition) is 1. The first-order valence-electron chi connectivity index (χ1n) is 9.88. The van der Waals surface area contributed by atoms with Crippen LogP contribution in [0.15, 0.2) is 71.8 Å². The van der Waals surface area contributed by atoms with Crippen LogP contribution in [-0.4, -0.2) is 30.1 Å². The van der Waals surface area contributed by atoms with Gasteiger partial charge in [-0.1, -0.05) is 29.8 Å². The van der Waals surface area contributed by atoms with Crippen molar-refractivity contribution >= 4 is 23.8 Å². The highest BCUT2D eigenvalue weighted by Crippen LogP contribution is 2.28. The lowest BCUT2D eigenvalue weighted by Gasteiger charge is -2.10. The van der Waals surface area contributed by atoms with Crippen molar-refractivity contribution in [1.29, 1.82) is 0 Å². The Morgan fingerprint density at radius 1 is 1.03 bits per heavy atom. The van der Waals surface area contributed by atoms with Crippen LogP contribution in [0.25, 0.3) is 0 Å². The highest BCUT2D eigenvalue weighted by molar-refractivity contribution is 5.91. The number of aryl methyl sites for hydroxylation is 1. The van der Waals surface area contributed by atoms with E-state index in [1.54, 1.807) is 30.3 Å². The number of nitrogens with one attached hydrogen (secondary N) is 1. The number of amides is 1. The first kappa shape index (κ1) is 23.1. The fourth-order valence-electron chi connectivity index (χ4n) is 2.84. The number of hydrogen-bond acceptors (Lipinski definition) is 7. The van der Waals surface area contributed by atoms with Crippen LogP contribution >= 0.6 is 0 Å². The second-order valence-corrected chi connectivity index (χ2v) is 7.06. The van der Waals surface area contributed by atoms with Gasteiger partial charge in [0.05, 0.1) is 30.2 Å². The van der Waals surface area contributed by atoms with Crippen LogP contribution in [0, 0.1) is 17.0 Å². The van der Waals surface area contributed by atoms with Gasteiger partial charge in [0.1, 0.15) is 0 Å². The number of benzene rings is 3. The summed E-state index contributed by atoms with van der Waals surface area (Å²) in [4.78, 5) is 34.6. The van der Waals surface area contributed by atoms with E-state index in [4.69, 9.17) is 9.47 Å². The van der Waals surface area contributed by atoms with Crippen LogP contribution in [0.5, 0.6) is 11.5 Å². The van der Waals surface area contributed by atoms with Gasteiger partial charge >= 0.3 is 5.97 Å². The standard InChI is InChI=1S/C24H21N3O6/c1-16-3-8-19(9-4-16)24(29)33-21-12-7-18(13-22(21)32-2)15-25-26-23(28)14-17-5-10-20(11-6-17)27(30)31/h3-13,15H,14H2,1-2H3,(H,26,28)/b25-15+. The Morgan fingerprint density at radius 2 is 1.73 bits per heavy atom. The number of carbonyl (C=O) groups excluding carboxylic acids is 2. The van der Waals surface area contributed by atoms with E-state index in [9.17, 15) is 19.7 Å². The van der Waals surface area contributed by atoms with Crippen molar-refractivity contribution in [2.45, 2.75) is 13.3 Å². The van der Waals surface area contributed by atoms with Crippen LogP contribution in [-0.2, 0) is 11.2 Å². The number of non-ortho nitro benzene ring substituents is 1. The van der Waals surface area contributed by atoms with Gasteiger partial charge in [-0.2, -0.15) is 5.10 Å². The van der Waals surface area contributed by atoms with Crippen molar-refractivity contribution < 1.29 is 24.0 Å². The average molecular weight is 447 g/mol. The van der Waals surface area contributed by atoms with Crippen LogP contribution in [0.4, 0.5) is 5.69 Å². The zero-order valence-electron chi connectivity index (χ0n) is 18.0. The van der Waals surface area contributed by atoms with E-state index in [2.05, 4.69) is 10.5 Å². The van der Waals surface area contributed by atoms with Crippen molar-refractivity contribution in [2.24, 2.45) is 5.10 Å². The maximum Gasteiger partial charge on any atom is 0.343 e. The van der Waals surface area contributed by atoms with E-state index in [1.807, 2.05) is 19.1 Å². The normalized spacial score (nSPS) is 10.6. The minimum atomic E-state index is -0.506. The van der Waals surface area contributed by atoms with E-state index in [0.29, 0.717) is 22.4 Å². The van der Waals surface area contributed by atoms with Crippen LogP contribution in [0.2, 0.25) is 0 Å². The average Bonchev–Trinajstić information content (AvgIpc) is 2.80. The maximum atomic E-state index is 12.3. The molecule has 0 spiro atoms. The first-order chi connectivity index (χ1) is 15.9. The molecule has 0 aliphatic carbocycles. The highest BCUT2D eigenvalue weighted by Gasteiger charge is 2.13. The molecule has 0 radical (unpaired) electrons. The molecule has 0 fully saturated rings. The summed E-state index contributed by atoms with van der Waals surface area (Å²) in [7, 11) is 1.45. The van der Waals surface area contributed by atoms with Gasteiger partial charge in [0.15, 0.2) is 11.5 Å². The summed E-state index contributed by atoms with van der Waals surface area (Å²) < 4.78 is 10.7. The number of esters is 1. The van der Waals surface area contributed by atoms with E-state index >= 15 is 0 Å². The Balaban J connectivity index is 1.59. The second-order valence-electron chi connectivity index (χ2n) is 7.06. The minimum Gasteiger partial charge on any atom is -0.493 e. The van der Waals surface area contributed by atoms with Crippen LogP contribution < -0.4 is 14.9 Å². The molecule has 168 valence electrons. The largest absolute Gasteiger partial charge is 0.493 e. The predicted octanol–water partition coefficient (Wildman–Crippen LogP) is 3.82. The number of carbonyl (C=O) groups is 2. The summed E-state index contributed by atoms with van der Waals surface area (Å²) in [5, 5.41) is 14.6. The third-order valence-electron chi connectivity index (χ3n) is 4.59. The van der Waals surface area contributed by atoms with Crippen molar-refractivity contribution in [3.8, 4) is 11.5 Å². The molecule has 0 bridgehead atoms. The van der Waals surface area contributed by atoms with Gasteiger partial charge in [-0.25, -0.2) is 10.2 Å². The summed E-state index contributed by atoms with van der Waals surface area (Å²) >= 11 is 0. The molecule has 0 aliphatic rings. The number of hydrazone groups is 1. The molecule has 1 amide bonds. The predicted molar refractivity (Wildman–Crippen MR) is 122 cm³/mol. The maximum absolute atomic E-state index is 12.3. The molecule has 0 atom stereocenters. The summed E-state index contributed by atoms with van der Waals surface area (Å²) in [5.74, 6) is -0.303. The van der Waals surface area contributed by atoms with E-state index in [0.717, 1.165) is 5.56 Å². The molecule has 0 aromatic heterocycles. The van der Waals surface area contributed by atoms with Gasteiger partial charge in [0.25, 0.3) is 5.69 Å². The number of methoxy groups -OCH3 is 1. The number of nitro benzene ring substituents is 1. The zero-order valence-corrected chi connectivity index (χ0v) is 18.0. The Morgan fingerprint density at radius 3 is 2.36 bits per heavy atom. The minimum absolute atomic E-state index is 0.0204. The van der Waals surface area contributed by atoms with Gasteiger partial charge in [-0.15, -0.1) is 0 Å². The molecule has 9 nitrogen and oxygen atoms in total. The molecule has 9 heteroatoms. The van der Waals surface area contributed by atoms with Crippen molar-refractivity contribution in [1.82, 2.24) is 5.43 Å². The molecule has 33 heavy (non-hydrogen) atoms. The number of nitrogens with zero attached hydrogens (tertiary/aromatic N) is 2. The van der Waals surface area contributed by atoms with Gasteiger partial charge in [0, 0.05) is 12.1 Å². The van der Waals surface area contributed by atoms with Crippen molar-refractivity contribution in [3.05, 3.63) is 99.1 Å². The lowest BCUT2D eigenvalue weighted by Crippen LogP contribution is -2.19. The SMILES string of the molecule is COc1cc(/C=N/NC(=O)Cc2ccc([N+](=O)[O-])cc2)ccc1OC(=O)c1ccc(C)cc1. The Kier molecular flexibility index (Phi) is 7.48. The van der Waals surface area contributed by atoms with E-state index in [-0.39, 0.29) is 23.8 Å². The lowest BCUT2D eigenvalue weighted by atomic mass is 10.1. The summed E-state index contributed by atoms with van der Waals surface area (Å²) in [6, 6.07) is 17.6. The monoisotopic (exact) mass is 447 g/mol. The number of rotatable bonds is 8. The fourth-order valence-corrected chi connectivity index (χ4v) is 2.84. The second kappa shape index (κ2) is 10.7. The molecule has 0 heterocycles. The topological polar surface area (TPSA) is 120 Å². The van der Waals surface area contributed by atoms with Gasteiger partial charge in [0.2, 0.25) is 5.91 Å². The van der Waals surface area contributed by atoms with Gasteiger partial charge in [-0.3, -0.25) is 14.9 Å². The smallest absolute Gasteiger partial charge is 0.343 e.